The van der Waals surface area contributed by atoms with Crippen molar-refractivity contribution >= 4 is 51.9 Å². The fourth-order valence-corrected chi connectivity index (χ4v) is 3.25. The van der Waals surface area contributed by atoms with E-state index < -0.39 is 4.92 Å². The minimum absolute atomic E-state index is 0.00565. The number of hydrogen-bond donors (Lipinski definition) is 1. The van der Waals surface area contributed by atoms with Crippen LogP contribution in [0.15, 0.2) is 52.4 Å². The summed E-state index contributed by atoms with van der Waals surface area (Å²) in [6.45, 7) is 1.73. The first-order valence-electron chi connectivity index (χ1n) is 7.22. The van der Waals surface area contributed by atoms with Gasteiger partial charge in [0.15, 0.2) is 5.17 Å². The maximum atomic E-state index is 12.1. The van der Waals surface area contributed by atoms with Gasteiger partial charge in [-0.05, 0) is 54.1 Å². The van der Waals surface area contributed by atoms with Gasteiger partial charge in [0.05, 0.1) is 15.5 Å². The van der Waals surface area contributed by atoms with Crippen molar-refractivity contribution in [3.8, 4) is 0 Å². The number of non-ortho nitro benzene ring substituents is 1. The lowest BCUT2D eigenvalue weighted by atomic mass is 10.2. The Morgan fingerprint density at radius 3 is 2.76 bits per heavy atom. The molecule has 2 aromatic carbocycles. The van der Waals surface area contributed by atoms with Crippen molar-refractivity contribution < 1.29 is 9.72 Å². The number of benzene rings is 2. The summed E-state index contributed by atoms with van der Waals surface area (Å²) in [6.07, 6.45) is 1.73. The number of nitrogens with one attached hydrogen (secondary N) is 1. The van der Waals surface area contributed by atoms with E-state index in [2.05, 4.69) is 10.3 Å². The molecule has 1 aliphatic rings. The van der Waals surface area contributed by atoms with Gasteiger partial charge in [-0.25, -0.2) is 4.99 Å². The van der Waals surface area contributed by atoms with Gasteiger partial charge in [-0.1, -0.05) is 23.7 Å². The molecule has 0 radical (unpaired) electrons. The van der Waals surface area contributed by atoms with Crippen LogP contribution in [0, 0.1) is 17.0 Å². The molecule has 0 unspecified atom stereocenters. The van der Waals surface area contributed by atoms with E-state index in [4.69, 9.17) is 11.6 Å². The van der Waals surface area contributed by atoms with Gasteiger partial charge < -0.3 is 5.32 Å². The third kappa shape index (κ3) is 4.07. The van der Waals surface area contributed by atoms with Gasteiger partial charge in [0.1, 0.15) is 0 Å². The Morgan fingerprint density at radius 2 is 2.08 bits per heavy atom. The smallest absolute Gasteiger partial charge is 0.269 e. The molecule has 6 nitrogen and oxygen atoms in total. The van der Waals surface area contributed by atoms with Crippen LogP contribution in [-0.4, -0.2) is 16.0 Å². The van der Waals surface area contributed by atoms with E-state index in [1.807, 2.05) is 12.1 Å². The van der Waals surface area contributed by atoms with Gasteiger partial charge in [0.2, 0.25) is 0 Å². The Labute approximate surface area is 152 Å². The maximum absolute atomic E-state index is 12.1. The first-order chi connectivity index (χ1) is 11.9. The molecule has 1 N–H and O–H groups in total. The van der Waals surface area contributed by atoms with Crippen LogP contribution in [0.1, 0.15) is 11.1 Å². The number of thioether (sulfide) groups is 1. The molecule has 0 atom stereocenters. The summed E-state index contributed by atoms with van der Waals surface area (Å²) >= 11 is 7.15. The number of aliphatic imine (C=N–C) groups is 1. The molecular weight excluding hydrogens is 362 g/mol. The summed E-state index contributed by atoms with van der Waals surface area (Å²) in [5.74, 6) is -0.247. The molecule has 3 rings (SSSR count). The Kier molecular flexibility index (Phi) is 4.87. The third-order valence-corrected chi connectivity index (χ3v) is 4.56. The highest BCUT2D eigenvalue weighted by molar-refractivity contribution is 8.18. The lowest BCUT2D eigenvalue weighted by Crippen LogP contribution is -2.19. The first kappa shape index (κ1) is 17.2. The number of amidine groups is 1. The molecular formula is C17H12ClN3O3S. The zero-order valence-electron chi connectivity index (χ0n) is 13.0. The summed E-state index contributed by atoms with van der Waals surface area (Å²) in [4.78, 5) is 27.3. The third-order valence-electron chi connectivity index (χ3n) is 3.41. The van der Waals surface area contributed by atoms with Crippen LogP contribution < -0.4 is 5.32 Å². The van der Waals surface area contributed by atoms with E-state index in [9.17, 15) is 14.9 Å². The number of halogens is 1. The van der Waals surface area contributed by atoms with E-state index in [1.54, 1.807) is 31.2 Å². The van der Waals surface area contributed by atoms with Crippen LogP contribution >= 0.6 is 23.4 Å². The number of amides is 1. The van der Waals surface area contributed by atoms with Crippen molar-refractivity contribution in [1.82, 2.24) is 5.32 Å². The van der Waals surface area contributed by atoms with Crippen LogP contribution in [0.4, 0.5) is 11.4 Å². The van der Waals surface area contributed by atoms with Gasteiger partial charge in [-0.3, -0.25) is 14.9 Å². The topological polar surface area (TPSA) is 84.6 Å². The van der Waals surface area contributed by atoms with E-state index in [0.717, 1.165) is 5.56 Å². The molecule has 25 heavy (non-hydrogen) atoms. The molecule has 0 aromatic heterocycles. The normalized spacial score (nSPS) is 17.1. The largest absolute Gasteiger partial charge is 0.300 e. The van der Waals surface area contributed by atoms with E-state index in [0.29, 0.717) is 26.3 Å². The molecule has 1 fully saturated rings. The molecule has 0 spiro atoms. The van der Waals surface area contributed by atoms with Crippen LogP contribution in [0.3, 0.4) is 0 Å². The van der Waals surface area contributed by atoms with Crippen LogP contribution in [0.25, 0.3) is 6.08 Å². The number of nitrogens with zero attached hydrogens (tertiary/aromatic N) is 2. The fourth-order valence-electron chi connectivity index (χ4n) is 2.22. The molecule has 0 saturated carbocycles. The second kappa shape index (κ2) is 7.08. The number of hydrogen-bond acceptors (Lipinski definition) is 5. The van der Waals surface area contributed by atoms with E-state index in [-0.39, 0.29) is 11.6 Å². The Morgan fingerprint density at radius 1 is 1.28 bits per heavy atom. The Hall–Kier alpha value is -2.64. The molecule has 0 aliphatic carbocycles. The number of rotatable bonds is 3. The average molecular weight is 374 g/mol. The number of carbonyl (C=O) groups excluding carboxylic acids is 1. The van der Waals surface area contributed by atoms with Crippen LogP contribution in [0.5, 0.6) is 0 Å². The highest BCUT2D eigenvalue weighted by Crippen LogP contribution is 2.30. The van der Waals surface area contributed by atoms with Crippen molar-refractivity contribution in [2.75, 3.05) is 0 Å². The molecule has 1 heterocycles. The molecule has 1 amide bonds. The summed E-state index contributed by atoms with van der Waals surface area (Å²) in [6, 6.07) is 11.6. The number of nitro groups is 1. The average Bonchev–Trinajstić information content (AvgIpc) is 2.88. The number of aryl methyl sites for hydroxylation is 1. The number of nitro benzene ring substituents is 1. The van der Waals surface area contributed by atoms with Crippen molar-refractivity contribution in [3.05, 3.63) is 73.6 Å². The molecule has 126 valence electrons. The highest BCUT2D eigenvalue weighted by Gasteiger charge is 2.24. The van der Waals surface area contributed by atoms with E-state index >= 15 is 0 Å². The lowest BCUT2D eigenvalue weighted by molar-refractivity contribution is -0.384. The maximum Gasteiger partial charge on any atom is 0.269 e. The van der Waals surface area contributed by atoms with Crippen LogP contribution in [0.2, 0.25) is 5.02 Å². The highest BCUT2D eigenvalue weighted by atomic mass is 35.5. The van der Waals surface area contributed by atoms with Gasteiger partial charge in [-0.2, -0.15) is 0 Å². The molecule has 2 aromatic rings. The lowest BCUT2D eigenvalue weighted by Gasteiger charge is -2.01. The zero-order valence-corrected chi connectivity index (χ0v) is 14.6. The first-order valence-corrected chi connectivity index (χ1v) is 8.42. The number of carbonyl (C=O) groups is 1. The van der Waals surface area contributed by atoms with E-state index in [1.165, 1.54) is 23.9 Å². The summed E-state index contributed by atoms with van der Waals surface area (Å²) in [7, 11) is 0. The molecule has 8 heteroatoms. The van der Waals surface area contributed by atoms with Crippen molar-refractivity contribution in [1.29, 1.82) is 0 Å². The second-order valence-corrected chi connectivity index (χ2v) is 6.73. The van der Waals surface area contributed by atoms with Crippen molar-refractivity contribution in [3.63, 3.8) is 0 Å². The second-order valence-electron chi connectivity index (χ2n) is 5.26. The minimum Gasteiger partial charge on any atom is -0.300 e. The monoisotopic (exact) mass is 373 g/mol. The summed E-state index contributed by atoms with van der Waals surface area (Å²) < 4.78 is 0. The Bertz CT molecular complexity index is 940. The SMILES string of the molecule is Cc1cc([N+](=O)[O-])ccc1N=C1NC(=O)/C(=C\c2cccc(Cl)c2)S1. The predicted octanol–water partition coefficient (Wildman–Crippen LogP) is 4.45. The van der Waals surface area contributed by atoms with Gasteiger partial charge in [0.25, 0.3) is 11.6 Å². The quantitative estimate of drug-likeness (QED) is 0.489. The zero-order chi connectivity index (χ0) is 18.0. The molecule has 0 bridgehead atoms. The van der Waals surface area contributed by atoms with Gasteiger partial charge in [0, 0.05) is 17.2 Å². The predicted molar refractivity (Wildman–Crippen MR) is 100 cm³/mol. The van der Waals surface area contributed by atoms with Crippen molar-refractivity contribution in [2.45, 2.75) is 6.92 Å². The summed E-state index contributed by atoms with van der Waals surface area (Å²) in [5, 5.41) is 14.5. The fraction of sp³-hybridized carbons (Fsp3) is 0.0588. The van der Waals surface area contributed by atoms with Crippen molar-refractivity contribution in [2.24, 2.45) is 4.99 Å². The summed E-state index contributed by atoms with van der Waals surface area (Å²) in [5.41, 5.74) is 2.05. The minimum atomic E-state index is -0.456. The van der Waals surface area contributed by atoms with Gasteiger partial charge >= 0.3 is 0 Å². The van der Waals surface area contributed by atoms with Gasteiger partial charge in [-0.15, -0.1) is 0 Å². The van der Waals surface area contributed by atoms with Crippen LogP contribution in [-0.2, 0) is 4.79 Å². The molecule has 1 saturated heterocycles. The Balaban J connectivity index is 1.85. The molecule has 1 aliphatic heterocycles. The standard InChI is InChI=1S/C17H12ClN3O3S/c1-10-7-13(21(23)24)5-6-14(10)19-17-20-16(22)15(25-17)9-11-3-2-4-12(18)8-11/h2-9H,1H3,(H,19,20,22)/b15-9+.